The van der Waals surface area contributed by atoms with E-state index in [1.54, 1.807) is 0 Å². The van der Waals surface area contributed by atoms with E-state index in [0.717, 1.165) is 23.5 Å². The highest BCUT2D eigenvalue weighted by Crippen LogP contribution is 2.24. The van der Waals surface area contributed by atoms with Crippen molar-refractivity contribution in [3.8, 4) is 0 Å². The Morgan fingerprint density at radius 3 is 3.11 bits per heavy atom. The number of carbonyl (C=O) groups excluding carboxylic acids is 1. The van der Waals surface area contributed by atoms with E-state index in [9.17, 15) is 4.79 Å². The predicted molar refractivity (Wildman–Crippen MR) is 76.6 cm³/mol. The average molecular weight is 303 g/mol. The molecule has 1 aliphatic heterocycles. The van der Waals surface area contributed by atoms with Gasteiger partial charge in [-0.15, -0.1) is 22.9 Å². The molecule has 1 amide bonds. The number of hydrogen-bond donors (Lipinski definition) is 1. The van der Waals surface area contributed by atoms with Gasteiger partial charge in [-0.05, 0) is 26.7 Å². The Hall–Kier alpha value is -0.650. The lowest BCUT2D eigenvalue weighted by Crippen LogP contribution is -2.46. The number of alkyl halides is 1. The summed E-state index contributed by atoms with van der Waals surface area (Å²) in [7, 11) is 0. The summed E-state index contributed by atoms with van der Waals surface area (Å²) in [4.78, 5) is 16.3. The maximum absolute atomic E-state index is 12.0. The lowest BCUT2D eigenvalue weighted by atomic mass is 9.94. The fraction of sp³-hybridized carbons (Fsp3) is 0.692. The van der Waals surface area contributed by atoms with E-state index in [1.807, 2.05) is 5.38 Å². The van der Waals surface area contributed by atoms with Crippen LogP contribution in [0.15, 0.2) is 5.38 Å². The molecule has 4 nitrogen and oxygen atoms in total. The molecule has 1 saturated heterocycles. The number of thiazole rings is 1. The van der Waals surface area contributed by atoms with Gasteiger partial charge < -0.3 is 10.1 Å². The average Bonchev–Trinajstić information content (AvgIpc) is 2.75. The number of hydrogen-bond acceptors (Lipinski definition) is 4. The Morgan fingerprint density at radius 1 is 1.68 bits per heavy atom. The molecule has 2 heterocycles. The highest BCUT2D eigenvalue weighted by Gasteiger charge is 2.29. The lowest BCUT2D eigenvalue weighted by Gasteiger charge is -2.35. The van der Waals surface area contributed by atoms with Crippen molar-refractivity contribution >= 4 is 28.8 Å². The molecular weight excluding hydrogens is 284 g/mol. The van der Waals surface area contributed by atoms with Gasteiger partial charge >= 0.3 is 0 Å². The fourth-order valence-corrected chi connectivity index (χ4v) is 3.28. The molecule has 1 N–H and O–H groups in total. The van der Waals surface area contributed by atoms with Gasteiger partial charge in [0.2, 0.25) is 5.91 Å². The SMILES string of the molecule is CC1(C)CC(NC(=O)Cc2nc(CCl)cs2)CCO1. The number of aromatic nitrogens is 1. The summed E-state index contributed by atoms with van der Waals surface area (Å²) in [5.74, 6) is 0.421. The number of halogens is 1. The smallest absolute Gasteiger partial charge is 0.227 e. The number of rotatable bonds is 4. The van der Waals surface area contributed by atoms with Crippen molar-refractivity contribution in [2.24, 2.45) is 0 Å². The minimum atomic E-state index is -0.150. The van der Waals surface area contributed by atoms with Gasteiger partial charge in [-0.3, -0.25) is 4.79 Å². The number of amides is 1. The van der Waals surface area contributed by atoms with E-state index in [2.05, 4.69) is 24.1 Å². The normalized spacial score (nSPS) is 22.2. The molecule has 1 unspecified atom stereocenters. The van der Waals surface area contributed by atoms with E-state index in [0.29, 0.717) is 18.9 Å². The molecule has 0 radical (unpaired) electrons. The topological polar surface area (TPSA) is 51.2 Å². The van der Waals surface area contributed by atoms with Crippen LogP contribution in [0.5, 0.6) is 0 Å². The Morgan fingerprint density at radius 2 is 2.47 bits per heavy atom. The lowest BCUT2D eigenvalue weighted by molar-refractivity contribution is -0.123. The van der Waals surface area contributed by atoms with Crippen molar-refractivity contribution in [3.05, 3.63) is 16.1 Å². The zero-order valence-corrected chi connectivity index (χ0v) is 12.8. The van der Waals surface area contributed by atoms with Crippen LogP contribution in [0, 0.1) is 0 Å². The minimum Gasteiger partial charge on any atom is -0.375 e. The number of ether oxygens (including phenoxy) is 1. The van der Waals surface area contributed by atoms with Crippen molar-refractivity contribution in [2.45, 2.75) is 50.6 Å². The molecule has 0 aromatic carbocycles. The van der Waals surface area contributed by atoms with Crippen LogP contribution < -0.4 is 5.32 Å². The van der Waals surface area contributed by atoms with Gasteiger partial charge in [0.15, 0.2) is 0 Å². The van der Waals surface area contributed by atoms with Crippen LogP contribution in [0.4, 0.5) is 0 Å². The van der Waals surface area contributed by atoms with Gasteiger partial charge in [-0.25, -0.2) is 4.98 Å². The van der Waals surface area contributed by atoms with Crippen LogP contribution in [-0.4, -0.2) is 29.1 Å². The summed E-state index contributed by atoms with van der Waals surface area (Å²) in [6.45, 7) is 4.81. The molecule has 1 aliphatic rings. The van der Waals surface area contributed by atoms with Crippen molar-refractivity contribution in [1.29, 1.82) is 0 Å². The van der Waals surface area contributed by atoms with Crippen LogP contribution >= 0.6 is 22.9 Å². The summed E-state index contributed by atoms with van der Waals surface area (Å²) in [6, 6.07) is 0.198. The molecule has 1 fully saturated rings. The first-order valence-electron chi connectivity index (χ1n) is 6.41. The number of carbonyl (C=O) groups is 1. The molecule has 2 rings (SSSR count). The third-order valence-corrected chi connectivity index (χ3v) is 4.28. The van der Waals surface area contributed by atoms with Crippen molar-refractivity contribution in [3.63, 3.8) is 0 Å². The number of nitrogens with one attached hydrogen (secondary N) is 1. The molecule has 106 valence electrons. The summed E-state index contributed by atoms with van der Waals surface area (Å²) >= 11 is 7.18. The van der Waals surface area contributed by atoms with Crippen LogP contribution in [0.2, 0.25) is 0 Å². The summed E-state index contributed by atoms with van der Waals surface area (Å²) in [5.41, 5.74) is 0.685. The molecule has 1 aromatic heterocycles. The Balaban J connectivity index is 1.84. The van der Waals surface area contributed by atoms with Gasteiger partial charge in [0.05, 0.1) is 23.6 Å². The van der Waals surface area contributed by atoms with E-state index >= 15 is 0 Å². The van der Waals surface area contributed by atoms with Crippen LogP contribution in [-0.2, 0) is 21.8 Å². The highest BCUT2D eigenvalue weighted by molar-refractivity contribution is 7.09. The minimum absolute atomic E-state index is 0.0261. The van der Waals surface area contributed by atoms with Crippen molar-refractivity contribution in [2.75, 3.05) is 6.61 Å². The van der Waals surface area contributed by atoms with Crippen LogP contribution in [0.1, 0.15) is 37.4 Å². The van der Waals surface area contributed by atoms with E-state index in [-0.39, 0.29) is 17.6 Å². The standard InChI is InChI=1S/C13H19ClN2O2S/c1-13(2)6-9(3-4-18-13)15-11(17)5-12-16-10(7-14)8-19-12/h8-9H,3-7H2,1-2H3,(H,15,17). The molecule has 6 heteroatoms. The zero-order valence-electron chi connectivity index (χ0n) is 11.2. The molecule has 0 saturated carbocycles. The first-order valence-corrected chi connectivity index (χ1v) is 7.82. The molecule has 19 heavy (non-hydrogen) atoms. The van der Waals surface area contributed by atoms with Gasteiger partial charge in [-0.1, -0.05) is 0 Å². The monoisotopic (exact) mass is 302 g/mol. The third-order valence-electron chi connectivity index (χ3n) is 3.11. The van der Waals surface area contributed by atoms with Crippen molar-refractivity contribution in [1.82, 2.24) is 10.3 Å². The number of nitrogens with zero attached hydrogens (tertiary/aromatic N) is 1. The van der Waals surface area contributed by atoms with Gasteiger partial charge in [0.1, 0.15) is 5.01 Å². The fourth-order valence-electron chi connectivity index (χ4n) is 2.26. The van der Waals surface area contributed by atoms with Crippen molar-refractivity contribution < 1.29 is 9.53 Å². The summed E-state index contributed by atoms with van der Waals surface area (Å²) in [5, 5.41) is 5.78. The van der Waals surface area contributed by atoms with E-state index in [4.69, 9.17) is 16.3 Å². The second-order valence-corrected chi connectivity index (χ2v) is 6.62. The molecule has 0 bridgehead atoms. The molecule has 0 spiro atoms. The largest absolute Gasteiger partial charge is 0.375 e. The predicted octanol–water partition coefficient (Wildman–Crippen LogP) is 2.50. The second kappa shape index (κ2) is 6.20. The third kappa shape index (κ3) is 4.44. The molecule has 1 atom stereocenters. The summed E-state index contributed by atoms with van der Waals surface area (Å²) in [6.07, 6.45) is 2.06. The van der Waals surface area contributed by atoms with Crippen LogP contribution in [0.3, 0.4) is 0 Å². The zero-order chi connectivity index (χ0) is 13.9. The Bertz CT molecular complexity index is 448. The molecule has 1 aromatic rings. The van der Waals surface area contributed by atoms with Gasteiger partial charge in [-0.2, -0.15) is 0 Å². The second-order valence-electron chi connectivity index (χ2n) is 5.41. The first-order chi connectivity index (χ1) is 8.98. The van der Waals surface area contributed by atoms with Gasteiger partial charge in [0.25, 0.3) is 0 Å². The quantitative estimate of drug-likeness (QED) is 0.870. The molecular formula is C13H19ClN2O2S. The highest BCUT2D eigenvalue weighted by atomic mass is 35.5. The van der Waals surface area contributed by atoms with E-state index in [1.165, 1.54) is 11.3 Å². The Kier molecular flexibility index (Phi) is 4.81. The van der Waals surface area contributed by atoms with E-state index < -0.39 is 0 Å². The van der Waals surface area contributed by atoms with Crippen LogP contribution in [0.25, 0.3) is 0 Å². The molecule has 0 aliphatic carbocycles. The Labute approximate surface area is 122 Å². The maximum atomic E-state index is 12.0. The maximum Gasteiger partial charge on any atom is 0.227 e. The van der Waals surface area contributed by atoms with Gasteiger partial charge in [0, 0.05) is 18.0 Å². The first kappa shape index (κ1) is 14.8. The summed E-state index contributed by atoms with van der Waals surface area (Å²) < 4.78 is 5.64.